The van der Waals surface area contributed by atoms with Crippen LogP contribution in [0.5, 0.6) is 0 Å². The second kappa shape index (κ2) is 5.15. The van der Waals surface area contributed by atoms with Crippen LogP contribution < -0.4 is 0 Å². The summed E-state index contributed by atoms with van der Waals surface area (Å²) < 4.78 is 0.733. The van der Waals surface area contributed by atoms with Crippen LogP contribution >= 0.6 is 34.5 Å². The van der Waals surface area contributed by atoms with Crippen molar-refractivity contribution >= 4 is 34.5 Å². The van der Waals surface area contributed by atoms with Crippen LogP contribution in [-0.4, -0.2) is 10.1 Å². The molecule has 2 heterocycles. The van der Waals surface area contributed by atoms with Crippen LogP contribution in [0, 0.1) is 0 Å². The van der Waals surface area contributed by atoms with Crippen LogP contribution in [0.25, 0.3) is 0 Å². The number of rotatable bonds is 3. The maximum Gasteiger partial charge on any atom is 0.129 e. The molecule has 1 unspecified atom stereocenters. The summed E-state index contributed by atoms with van der Waals surface area (Å²) in [5, 5.41) is 10.4. The molecule has 0 saturated carbocycles. The van der Waals surface area contributed by atoms with Crippen molar-refractivity contribution in [1.82, 2.24) is 4.98 Å². The van der Waals surface area contributed by atoms with Gasteiger partial charge in [-0.2, -0.15) is 0 Å². The van der Waals surface area contributed by atoms with E-state index < -0.39 is 6.10 Å². The number of halogens is 2. The highest BCUT2D eigenvalue weighted by Gasteiger charge is 2.10. The maximum atomic E-state index is 9.95. The van der Waals surface area contributed by atoms with E-state index in [2.05, 4.69) is 4.98 Å². The van der Waals surface area contributed by atoms with E-state index in [9.17, 15) is 5.11 Å². The lowest BCUT2D eigenvalue weighted by Crippen LogP contribution is -2.00. The third kappa shape index (κ3) is 2.95. The van der Waals surface area contributed by atoms with Crippen LogP contribution in [0.2, 0.25) is 9.49 Å². The number of aliphatic hydroxyl groups is 1. The molecule has 0 spiro atoms. The monoisotopic (exact) mass is 273 g/mol. The van der Waals surface area contributed by atoms with Gasteiger partial charge in [-0.25, -0.2) is 4.98 Å². The summed E-state index contributed by atoms with van der Waals surface area (Å²) in [6.07, 6.45) is 1.56. The van der Waals surface area contributed by atoms with Gasteiger partial charge in [-0.3, -0.25) is 0 Å². The van der Waals surface area contributed by atoms with Crippen LogP contribution in [0.15, 0.2) is 30.5 Å². The normalized spacial score (nSPS) is 12.7. The highest BCUT2D eigenvalue weighted by atomic mass is 35.5. The van der Waals surface area contributed by atoms with Crippen molar-refractivity contribution in [3.8, 4) is 0 Å². The summed E-state index contributed by atoms with van der Waals surface area (Å²) in [5.74, 6) is 0. The number of aromatic nitrogens is 1. The molecule has 0 aliphatic carbocycles. The van der Waals surface area contributed by atoms with Gasteiger partial charge >= 0.3 is 0 Å². The molecule has 2 rings (SSSR count). The van der Waals surface area contributed by atoms with E-state index in [0.29, 0.717) is 11.6 Å². The van der Waals surface area contributed by atoms with Gasteiger partial charge in [-0.1, -0.05) is 29.3 Å². The minimum absolute atomic E-state index is 0.426. The largest absolute Gasteiger partial charge is 0.388 e. The van der Waals surface area contributed by atoms with Gasteiger partial charge in [0.25, 0.3) is 0 Å². The van der Waals surface area contributed by atoms with Gasteiger partial charge in [0.05, 0.1) is 10.4 Å². The van der Waals surface area contributed by atoms with Crippen molar-refractivity contribution in [2.45, 2.75) is 12.5 Å². The first-order valence-electron chi connectivity index (χ1n) is 4.69. The number of pyridine rings is 1. The van der Waals surface area contributed by atoms with E-state index >= 15 is 0 Å². The molecule has 84 valence electrons. The van der Waals surface area contributed by atoms with Gasteiger partial charge in [-0.15, -0.1) is 11.3 Å². The standard InChI is InChI=1S/C11H9Cl2NOS/c12-10-3-1-7(6-14-10)9(15)5-8-2-4-11(13)16-8/h1-4,6,9,15H,5H2. The molecule has 5 heteroatoms. The van der Waals surface area contributed by atoms with Crippen molar-refractivity contribution in [2.24, 2.45) is 0 Å². The van der Waals surface area contributed by atoms with Crippen LogP contribution in [0.1, 0.15) is 16.5 Å². The van der Waals surface area contributed by atoms with Crippen molar-refractivity contribution < 1.29 is 5.11 Å². The zero-order valence-corrected chi connectivity index (χ0v) is 10.6. The Hall–Kier alpha value is -0.610. The summed E-state index contributed by atoms with van der Waals surface area (Å²) in [6, 6.07) is 7.19. The van der Waals surface area contributed by atoms with Gasteiger partial charge in [0.15, 0.2) is 0 Å². The lowest BCUT2D eigenvalue weighted by atomic mass is 10.1. The fraction of sp³-hybridized carbons (Fsp3) is 0.182. The molecule has 2 aromatic heterocycles. The Bertz CT molecular complexity index is 469. The second-order valence-corrected chi connectivity index (χ2v) is 5.53. The predicted octanol–water partition coefficient (Wildman–Crippen LogP) is 3.73. The molecule has 1 atom stereocenters. The van der Waals surface area contributed by atoms with Crippen LogP contribution in [0.4, 0.5) is 0 Å². The summed E-state index contributed by atoms with van der Waals surface area (Å²) >= 11 is 13.0. The highest BCUT2D eigenvalue weighted by molar-refractivity contribution is 7.16. The molecule has 16 heavy (non-hydrogen) atoms. The Balaban J connectivity index is 2.08. The fourth-order valence-electron chi connectivity index (χ4n) is 1.35. The van der Waals surface area contributed by atoms with Gasteiger partial charge in [0.2, 0.25) is 0 Å². The minimum Gasteiger partial charge on any atom is -0.388 e. The smallest absolute Gasteiger partial charge is 0.129 e. The van der Waals surface area contributed by atoms with E-state index in [1.54, 1.807) is 18.3 Å². The number of aliphatic hydroxyl groups excluding tert-OH is 1. The first-order valence-corrected chi connectivity index (χ1v) is 6.26. The number of hydrogen-bond acceptors (Lipinski definition) is 3. The van der Waals surface area contributed by atoms with Crippen molar-refractivity contribution in [3.05, 3.63) is 50.4 Å². The lowest BCUT2D eigenvalue weighted by Gasteiger charge is -2.08. The molecule has 1 N–H and O–H groups in total. The van der Waals surface area contributed by atoms with Gasteiger partial charge in [0, 0.05) is 17.5 Å². The van der Waals surface area contributed by atoms with E-state index in [0.717, 1.165) is 14.8 Å². The van der Waals surface area contributed by atoms with E-state index in [-0.39, 0.29) is 0 Å². The molecule has 2 nitrogen and oxygen atoms in total. The Morgan fingerprint density at radius 2 is 2.06 bits per heavy atom. The van der Waals surface area contributed by atoms with Gasteiger partial charge in [0.1, 0.15) is 5.15 Å². The lowest BCUT2D eigenvalue weighted by molar-refractivity contribution is 0.179. The molecule has 2 aromatic rings. The average Bonchev–Trinajstić information content (AvgIpc) is 2.65. The van der Waals surface area contributed by atoms with Crippen LogP contribution in [-0.2, 0) is 6.42 Å². The van der Waals surface area contributed by atoms with E-state index in [1.807, 2.05) is 12.1 Å². The first kappa shape index (κ1) is 11.9. The fourth-order valence-corrected chi connectivity index (χ4v) is 2.59. The highest BCUT2D eigenvalue weighted by Crippen LogP contribution is 2.26. The predicted molar refractivity (Wildman–Crippen MR) is 67.2 cm³/mol. The molecular formula is C11H9Cl2NOS. The SMILES string of the molecule is OC(Cc1ccc(Cl)s1)c1ccc(Cl)nc1. The van der Waals surface area contributed by atoms with E-state index in [1.165, 1.54) is 11.3 Å². The molecule has 0 saturated heterocycles. The molecule has 0 aliphatic heterocycles. The molecule has 0 aliphatic rings. The summed E-state index contributed by atoms with van der Waals surface area (Å²) in [4.78, 5) is 4.98. The van der Waals surface area contributed by atoms with Gasteiger partial charge < -0.3 is 5.11 Å². The second-order valence-electron chi connectivity index (χ2n) is 3.34. The average molecular weight is 274 g/mol. The first-order chi connectivity index (χ1) is 7.65. The van der Waals surface area contributed by atoms with Gasteiger partial charge in [-0.05, 0) is 23.8 Å². The van der Waals surface area contributed by atoms with Crippen LogP contribution in [0.3, 0.4) is 0 Å². The Labute approximate surface area is 107 Å². The molecule has 0 amide bonds. The van der Waals surface area contributed by atoms with E-state index in [4.69, 9.17) is 23.2 Å². The Morgan fingerprint density at radius 3 is 2.62 bits per heavy atom. The summed E-state index contributed by atoms with van der Waals surface area (Å²) in [7, 11) is 0. The minimum atomic E-state index is -0.570. The topological polar surface area (TPSA) is 33.1 Å². The van der Waals surface area contributed by atoms with Crippen molar-refractivity contribution in [3.63, 3.8) is 0 Å². The molecular weight excluding hydrogens is 265 g/mol. The molecule has 0 fully saturated rings. The molecule has 0 aromatic carbocycles. The zero-order valence-electron chi connectivity index (χ0n) is 8.23. The Morgan fingerprint density at radius 1 is 1.25 bits per heavy atom. The number of hydrogen-bond donors (Lipinski definition) is 1. The quantitative estimate of drug-likeness (QED) is 0.865. The third-order valence-electron chi connectivity index (χ3n) is 2.16. The Kier molecular flexibility index (Phi) is 3.82. The number of nitrogens with zero attached hydrogens (tertiary/aromatic N) is 1. The molecule has 0 radical (unpaired) electrons. The van der Waals surface area contributed by atoms with Crippen molar-refractivity contribution in [1.29, 1.82) is 0 Å². The summed E-state index contributed by atoms with van der Waals surface area (Å²) in [5.41, 5.74) is 0.758. The molecule has 0 bridgehead atoms. The maximum absolute atomic E-state index is 9.95. The number of thiophene rings is 1. The summed E-state index contributed by atoms with van der Waals surface area (Å²) in [6.45, 7) is 0. The van der Waals surface area contributed by atoms with Crippen molar-refractivity contribution in [2.75, 3.05) is 0 Å². The zero-order chi connectivity index (χ0) is 11.5. The third-order valence-corrected chi connectivity index (χ3v) is 3.64.